The van der Waals surface area contributed by atoms with Gasteiger partial charge in [0.15, 0.2) is 0 Å². The van der Waals surface area contributed by atoms with E-state index in [0.717, 1.165) is 5.69 Å². The lowest BCUT2D eigenvalue weighted by atomic mass is 10.1. The van der Waals surface area contributed by atoms with Gasteiger partial charge in [-0.25, -0.2) is 0 Å². The van der Waals surface area contributed by atoms with Crippen LogP contribution in [0.3, 0.4) is 0 Å². The molecule has 0 radical (unpaired) electrons. The number of hydrogen-bond donors (Lipinski definition) is 2. The number of nitrogens with zero attached hydrogens (tertiary/aromatic N) is 1. The van der Waals surface area contributed by atoms with E-state index in [1.807, 2.05) is 6.07 Å². The third-order valence-corrected chi connectivity index (χ3v) is 2.61. The van der Waals surface area contributed by atoms with Gasteiger partial charge in [0.2, 0.25) is 0 Å². The summed E-state index contributed by atoms with van der Waals surface area (Å²) in [5.41, 5.74) is 1.36. The molecule has 0 bridgehead atoms. The van der Waals surface area contributed by atoms with Crippen LogP contribution in [-0.4, -0.2) is 24.0 Å². The van der Waals surface area contributed by atoms with E-state index in [-0.39, 0.29) is 5.91 Å². The smallest absolute Gasteiger partial charge is 0.269 e. The van der Waals surface area contributed by atoms with Gasteiger partial charge in [-0.2, -0.15) is 0 Å². The monoisotopic (exact) mass is 221 g/mol. The van der Waals surface area contributed by atoms with E-state index in [1.165, 1.54) is 0 Å². The average Bonchev–Trinajstić information content (AvgIpc) is 2.28. The minimum absolute atomic E-state index is 0.166. The van der Waals surface area contributed by atoms with Crippen molar-refractivity contribution in [3.8, 4) is 0 Å². The van der Waals surface area contributed by atoms with E-state index in [1.54, 1.807) is 19.3 Å². The summed E-state index contributed by atoms with van der Waals surface area (Å²) in [6.45, 7) is 6.42. The summed E-state index contributed by atoms with van der Waals surface area (Å²) < 4.78 is 0. The van der Waals surface area contributed by atoms with Crippen molar-refractivity contribution >= 4 is 11.6 Å². The summed E-state index contributed by atoms with van der Waals surface area (Å²) >= 11 is 0. The Morgan fingerprint density at radius 1 is 1.38 bits per heavy atom. The number of amides is 1. The molecule has 0 saturated heterocycles. The Morgan fingerprint density at radius 3 is 2.62 bits per heavy atom. The molecule has 88 valence electrons. The summed E-state index contributed by atoms with van der Waals surface area (Å²) in [5, 5.41) is 5.90. The van der Waals surface area contributed by atoms with Crippen LogP contribution in [0.15, 0.2) is 18.3 Å². The second-order valence-electron chi connectivity index (χ2n) is 4.19. The first kappa shape index (κ1) is 12.5. The number of carbonyl (C=O) groups excluding carboxylic acids is 1. The molecule has 0 aliphatic carbocycles. The Labute approximate surface area is 96.5 Å². The highest BCUT2D eigenvalue weighted by Gasteiger charge is 2.09. The molecular formula is C12H19N3O. The highest BCUT2D eigenvalue weighted by Crippen LogP contribution is 2.12. The summed E-state index contributed by atoms with van der Waals surface area (Å²) in [7, 11) is 1.60. The molecule has 0 aliphatic heterocycles. The van der Waals surface area contributed by atoms with Crippen LogP contribution in [0.25, 0.3) is 0 Å². The molecule has 0 aliphatic rings. The van der Waals surface area contributed by atoms with Gasteiger partial charge < -0.3 is 10.6 Å². The van der Waals surface area contributed by atoms with Crippen LogP contribution < -0.4 is 10.6 Å². The minimum atomic E-state index is -0.166. The molecule has 1 aromatic rings. The zero-order valence-corrected chi connectivity index (χ0v) is 10.2. The first-order valence-corrected chi connectivity index (χ1v) is 5.49. The molecule has 0 saturated carbocycles. The fraction of sp³-hybridized carbons (Fsp3) is 0.500. The van der Waals surface area contributed by atoms with Gasteiger partial charge in [0.1, 0.15) is 5.69 Å². The Balaban J connectivity index is 2.78. The molecule has 0 fully saturated rings. The maximum Gasteiger partial charge on any atom is 0.269 e. The van der Waals surface area contributed by atoms with Gasteiger partial charge in [-0.1, -0.05) is 13.8 Å². The topological polar surface area (TPSA) is 54.0 Å². The van der Waals surface area contributed by atoms with Crippen LogP contribution in [0.1, 0.15) is 31.3 Å². The lowest BCUT2D eigenvalue weighted by molar-refractivity contribution is 0.0958. The fourth-order valence-corrected chi connectivity index (χ4v) is 1.20. The summed E-state index contributed by atoms with van der Waals surface area (Å²) in [6, 6.07) is 3.99. The lowest BCUT2D eigenvalue weighted by Crippen LogP contribution is -2.23. The molecule has 4 nitrogen and oxygen atoms in total. The summed E-state index contributed by atoms with van der Waals surface area (Å²) in [6.07, 6.45) is 1.64. The maximum absolute atomic E-state index is 11.4. The number of pyridine rings is 1. The zero-order chi connectivity index (χ0) is 12.1. The number of anilines is 1. The Bertz CT molecular complexity index is 363. The molecular weight excluding hydrogens is 202 g/mol. The number of hydrogen-bond acceptors (Lipinski definition) is 3. The number of rotatable bonds is 4. The highest BCUT2D eigenvalue weighted by molar-refractivity contribution is 5.92. The average molecular weight is 221 g/mol. The molecule has 1 rings (SSSR count). The van der Waals surface area contributed by atoms with Gasteiger partial charge in [-0.3, -0.25) is 9.78 Å². The van der Waals surface area contributed by atoms with Crippen molar-refractivity contribution in [2.45, 2.75) is 26.8 Å². The molecule has 16 heavy (non-hydrogen) atoms. The molecule has 4 heteroatoms. The Hall–Kier alpha value is -1.58. The van der Waals surface area contributed by atoms with E-state index in [4.69, 9.17) is 0 Å². The predicted octanol–water partition coefficient (Wildman–Crippen LogP) is 1.90. The van der Waals surface area contributed by atoms with Crippen LogP contribution in [-0.2, 0) is 0 Å². The van der Waals surface area contributed by atoms with E-state index in [0.29, 0.717) is 17.7 Å². The van der Waals surface area contributed by atoms with Gasteiger partial charge in [0, 0.05) is 25.0 Å². The second kappa shape index (κ2) is 5.49. The summed E-state index contributed by atoms with van der Waals surface area (Å²) in [4.78, 5) is 15.4. The Morgan fingerprint density at radius 2 is 2.06 bits per heavy atom. The van der Waals surface area contributed by atoms with Crippen LogP contribution >= 0.6 is 0 Å². The van der Waals surface area contributed by atoms with Crippen molar-refractivity contribution in [1.29, 1.82) is 0 Å². The largest absolute Gasteiger partial charge is 0.382 e. The first-order valence-electron chi connectivity index (χ1n) is 5.49. The van der Waals surface area contributed by atoms with Crippen molar-refractivity contribution in [2.75, 3.05) is 12.4 Å². The maximum atomic E-state index is 11.4. The molecule has 1 unspecified atom stereocenters. The third kappa shape index (κ3) is 3.22. The van der Waals surface area contributed by atoms with Crippen molar-refractivity contribution in [2.24, 2.45) is 5.92 Å². The van der Waals surface area contributed by atoms with E-state index < -0.39 is 0 Å². The quantitative estimate of drug-likeness (QED) is 0.816. The number of nitrogens with one attached hydrogen (secondary N) is 2. The van der Waals surface area contributed by atoms with E-state index in [9.17, 15) is 4.79 Å². The molecule has 1 atom stereocenters. The minimum Gasteiger partial charge on any atom is -0.382 e. The lowest BCUT2D eigenvalue weighted by Gasteiger charge is -2.18. The normalized spacial score (nSPS) is 12.3. The predicted molar refractivity (Wildman–Crippen MR) is 65.5 cm³/mol. The third-order valence-electron chi connectivity index (χ3n) is 2.61. The van der Waals surface area contributed by atoms with Crippen LogP contribution in [0.2, 0.25) is 0 Å². The number of aromatic nitrogens is 1. The van der Waals surface area contributed by atoms with Crippen LogP contribution in [0, 0.1) is 5.92 Å². The van der Waals surface area contributed by atoms with Gasteiger partial charge in [0.05, 0.1) is 0 Å². The van der Waals surface area contributed by atoms with Crippen molar-refractivity contribution < 1.29 is 4.79 Å². The van der Waals surface area contributed by atoms with Crippen molar-refractivity contribution in [1.82, 2.24) is 10.3 Å². The highest BCUT2D eigenvalue weighted by atomic mass is 16.1. The SMILES string of the molecule is CNC(=O)c1cc(NC(C)C(C)C)ccn1. The Kier molecular flexibility index (Phi) is 4.28. The van der Waals surface area contributed by atoms with Crippen molar-refractivity contribution in [3.63, 3.8) is 0 Å². The van der Waals surface area contributed by atoms with E-state index in [2.05, 4.69) is 36.4 Å². The molecule has 1 amide bonds. The van der Waals surface area contributed by atoms with Crippen molar-refractivity contribution in [3.05, 3.63) is 24.0 Å². The van der Waals surface area contributed by atoms with Gasteiger partial charge in [-0.15, -0.1) is 0 Å². The van der Waals surface area contributed by atoms with Crippen LogP contribution in [0.4, 0.5) is 5.69 Å². The van der Waals surface area contributed by atoms with Gasteiger partial charge in [-0.05, 0) is 25.0 Å². The van der Waals surface area contributed by atoms with Gasteiger partial charge in [0.25, 0.3) is 5.91 Å². The molecule has 0 spiro atoms. The van der Waals surface area contributed by atoms with Gasteiger partial charge >= 0.3 is 0 Å². The summed E-state index contributed by atoms with van der Waals surface area (Å²) in [5.74, 6) is 0.373. The zero-order valence-electron chi connectivity index (χ0n) is 10.2. The molecule has 1 aromatic heterocycles. The number of carbonyl (C=O) groups is 1. The first-order chi connectivity index (χ1) is 7.54. The van der Waals surface area contributed by atoms with E-state index >= 15 is 0 Å². The second-order valence-corrected chi connectivity index (χ2v) is 4.19. The molecule has 0 aromatic carbocycles. The fourth-order valence-electron chi connectivity index (χ4n) is 1.20. The van der Waals surface area contributed by atoms with Crippen LogP contribution in [0.5, 0.6) is 0 Å². The molecule has 2 N–H and O–H groups in total. The standard InChI is InChI=1S/C12H19N3O/c1-8(2)9(3)15-10-5-6-14-11(7-10)12(16)13-4/h5-9H,1-4H3,(H,13,16)(H,14,15). The molecule has 1 heterocycles.